The van der Waals surface area contributed by atoms with Gasteiger partial charge in [-0.05, 0) is 47.0 Å². The Morgan fingerprint density at radius 1 is 1.52 bits per heavy atom. The topological polar surface area (TPSA) is 41.6 Å². The molecule has 118 valence electrons. The van der Waals surface area contributed by atoms with Crippen LogP contribution in [0.4, 0.5) is 0 Å². The largest absolute Gasteiger partial charge is 0.496 e. The van der Waals surface area contributed by atoms with Gasteiger partial charge in [-0.25, -0.2) is 0 Å². The summed E-state index contributed by atoms with van der Waals surface area (Å²) in [6.07, 6.45) is 1.32. The highest BCUT2D eigenvalue weighted by Gasteiger charge is 2.22. The van der Waals surface area contributed by atoms with Gasteiger partial charge in [0.05, 0.1) is 11.6 Å². The fourth-order valence-corrected chi connectivity index (χ4v) is 3.06. The third-order valence-corrected chi connectivity index (χ3v) is 4.29. The van der Waals surface area contributed by atoms with Crippen LogP contribution in [0.15, 0.2) is 22.7 Å². The maximum Gasteiger partial charge on any atom is 0.223 e. The van der Waals surface area contributed by atoms with Crippen LogP contribution in [0.1, 0.15) is 18.9 Å². The van der Waals surface area contributed by atoms with Crippen molar-refractivity contribution in [2.45, 2.75) is 25.8 Å². The third kappa shape index (κ3) is 4.87. The van der Waals surface area contributed by atoms with Crippen LogP contribution >= 0.6 is 28.3 Å². The zero-order valence-electron chi connectivity index (χ0n) is 12.4. The third-order valence-electron chi connectivity index (χ3n) is 3.67. The van der Waals surface area contributed by atoms with Crippen molar-refractivity contribution in [3.05, 3.63) is 28.2 Å². The van der Waals surface area contributed by atoms with Crippen LogP contribution in [0, 0.1) is 0 Å². The molecule has 1 N–H and O–H groups in total. The molecule has 1 amide bonds. The fourth-order valence-electron chi connectivity index (χ4n) is 2.47. The highest BCUT2D eigenvalue weighted by Crippen LogP contribution is 2.26. The summed E-state index contributed by atoms with van der Waals surface area (Å²) < 4.78 is 6.14. The Morgan fingerprint density at radius 2 is 2.29 bits per heavy atom. The number of halogens is 2. The van der Waals surface area contributed by atoms with Gasteiger partial charge in [0.15, 0.2) is 0 Å². The first-order valence-corrected chi connectivity index (χ1v) is 7.73. The Bertz CT molecular complexity index is 485. The quantitative estimate of drug-likeness (QED) is 0.877. The Hall–Kier alpha value is -0.780. The van der Waals surface area contributed by atoms with Gasteiger partial charge in [-0.3, -0.25) is 4.79 Å². The Balaban J connectivity index is 0.00000220. The number of hydrogen-bond donors (Lipinski definition) is 1. The monoisotopic (exact) mass is 376 g/mol. The zero-order valence-corrected chi connectivity index (χ0v) is 14.8. The van der Waals surface area contributed by atoms with Crippen LogP contribution in [0.2, 0.25) is 0 Å². The Morgan fingerprint density at radius 3 is 2.90 bits per heavy atom. The summed E-state index contributed by atoms with van der Waals surface area (Å²) in [5.74, 6) is 1.06. The molecule has 6 heteroatoms. The van der Waals surface area contributed by atoms with Crippen molar-refractivity contribution >= 4 is 34.2 Å². The molecule has 1 aromatic carbocycles. The molecule has 1 heterocycles. The summed E-state index contributed by atoms with van der Waals surface area (Å²) in [4.78, 5) is 14.2. The lowest BCUT2D eigenvalue weighted by Gasteiger charge is -2.34. The van der Waals surface area contributed by atoms with Gasteiger partial charge in [0.2, 0.25) is 5.91 Å². The summed E-state index contributed by atoms with van der Waals surface area (Å²) in [5.41, 5.74) is 1.15. The van der Waals surface area contributed by atoms with Gasteiger partial charge >= 0.3 is 0 Å². The number of benzene rings is 1. The Kier molecular flexibility index (Phi) is 7.49. The van der Waals surface area contributed by atoms with E-state index < -0.39 is 0 Å². The van der Waals surface area contributed by atoms with E-state index in [9.17, 15) is 4.79 Å². The van der Waals surface area contributed by atoms with Crippen molar-refractivity contribution in [3.63, 3.8) is 0 Å². The van der Waals surface area contributed by atoms with Crippen molar-refractivity contribution in [1.82, 2.24) is 10.2 Å². The molecular formula is C15H22BrClN2O2. The molecule has 1 saturated heterocycles. The summed E-state index contributed by atoms with van der Waals surface area (Å²) in [7, 11) is 1.65. The highest BCUT2D eigenvalue weighted by atomic mass is 79.9. The van der Waals surface area contributed by atoms with Gasteiger partial charge < -0.3 is 15.0 Å². The molecule has 0 aromatic heterocycles. The van der Waals surface area contributed by atoms with Crippen LogP contribution in [0.3, 0.4) is 0 Å². The first kappa shape index (κ1) is 18.3. The molecule has 1 aromatic rings. The molecular weight excluding hydrogens is 356 g/mol. The second-order valence-electron chi connectivity index (χ2n) is 5.11. The van der Waals surface area contributed by atoms with Crippen molar-refractivity contribution in [3.8, 4) is 5.75 Å². The van der Waals surface area contributed by atoms with Gasteiger partial charge in [0, 0.05) is 32.1 Å². The normalized spacial score (nSPS) is 18.0. The van der Waals surface area contributed by atoms with E-state index in [1.165, 1.54) is 0 Å². The van der Waals surface area contributed by atoms with Crippen LogP contribution < -0.4 is 10.1 Å². The van der Waals surface area contributed by atoms with E-state index >= 15 is 0 Å². The van der Waals surface area contributed by atoms with Crippen LogP contribution in [-0.2, 0) is 11.2 Å². The molecule has 0 saturated carbocycles. The molecule has 2 rings (SSSR count). The van der Waals surface area contributed by atoms with Crippen molar-refractivity contribution in [2.24, 2.45) is 0 Å². The smallest absolute Gasteiger partial charge is 0.223 e. The number of piperazine rings is 1. The molecule has 1 aliphatic rings. The van der Waals surface area contributed by atoms with Crippen molar-refractivity contribution in [2.75, 3.05) is 26.7 Å². The molecule has 21 heavy (non-hydrogen) atoms. The van der Waals surface area contributed by atoms with Gasteiger partial charge in [-0.2, -0.15) is 0 Å². The SMILES string of the molecule is COc1ccc(CCC(=O)N2CCNC[C@@H]2C)cc1Br.Cl. The number of aryl methyl sites for hydroxylation is 1. The standard InChI is InChI=1S/C15H21BrN2O2.ClH/c1-11-10-17-7-8-18(11)15(19)6-4-12-3-5-14(20-2)13(16)9-12;/h3,5,9,11,17H,4,6-8,10H2,1-2H3;1H/t11-;/m0./s1. The van der Waals surface area contributed by atoms with Crippen LogP contribution in [0.5, 0.6) is 5.75 Å². The molecule has 0 radical (unpaired) electrons. The van der Waals surface area contributed by atoms with Gasteiger partial charge in [0.25, 0.3) is 0 Å². The first-order chi connectivity index (χ1) is 9.61. The minimum Gasteiger partial charge on any atom is -0.496 e. The van der Waals surface area contributed by atoms with Gasteiger partial charge in [-0.1, -0.05) is 6.07 Å². The predicted octanol–water partition coefficient (Wildman–Crippen LogP) is 2.63. The van der Waals surface area contributed by atoms with Crippen LogP contribution in [0.25, 0.3) is 0 Å². The molecule has 1 fully saturated rings. The number of methoxy groups -OCH3 is 1. The maximum atomic E-state index is 12.3. The lowest BCUT2D eigenvalue weighted by molar-refractivity contribution is -0.133. The number of nitrogens with one attached hydrogen (secondary N) is 1. The molecule has 0 aliphatic carbocycles. The zero-order chi connectivity index (χ0) is 14.5. The number of nitrogens with zero attached hydrogens (tertiary/aromatic N) is 1. The Labute approximate surface area is 140 Å². The summed E-state index contributed by atoms with van der Waals surface area (Å²) in [6, 6.07) is 6.25. The minimum atomic E-state index is 0. The molecule has 0 bridgehead atoms. The fraction of sp³-hybridized carbons (Fsp3) is 0.533. The first-order valence-electron chi connectivity index (χ1n) is 6.94. The lowest BCUT2D eigenvalue weighted by atomic mass is 10.1. The number of carbonyl (C=O) groups is 1. The van der Waals surface area contributed by atoms with E-state index in [0.717, 1.165) is 41.8 Å². The van der Waals surface area contributed by atoms with Crippen molar-refractivity contribution < 1.29 is 9.53 Å². The van der Waals surface area contributed by atoms with E-state index in [0.29, 0.717) is 12.5 Å². The number of hydrogen-bond acceptors (Lipinski definition) is 3. The van der Waals surface area contributed by atoms with Crippen molar-refractivity contribution in [1.29, 1.82) is 0 Å². The molecule has 0 unspecified atom stereocenters. The highest BCUT2D eigenvalue weighted by molar-refractivity contribution is 9.10. The number of amides is 1. The van der Waals surface area contributed by atoms with E-state index in [1.54, 1.807) is 7.11 Å². The number of carbonyl (C=O) groups excluding carboxylic acids is 1. The summed E-state index contributed by atoms with van der Waals surface area (Å²) in [5, 5.41) is 3.30. The average molecular weight is 378 g/mol. The molecule has 0 spiro atoms. The van der Waals surface area contributed by atoms with Crippen LogP contribution in [-0.4, -0.2) is 43.6 Å². The lowest BCUT2D eigenvalue weighted by Crippen LogP contribution is -2.52. The molecule has 4 nitrogen and oxygen atoms in total. The summed E-state index contributed by atoms with van der Waals surface area (Å²) in [6.45, 7) is 4.68. The van der Waals surface area contributed by atoms with E-state index in [2.05, 4.69) is 28.2 Å². The molecule has 1 aliphatic heterocycles. The van der Waals surface area contributed by atoms with E-state index in [4.69, 9.17) is 4.74 Å². The maximum absolute atomic E-state index is 12.3. The number of rotatable bonds is 4. The van der Waals surface area contributed by atoms with Gasteiger partial charge in [-0.15, -0.1) is 12.4 Å². The van der Waals surface area contributed by atoms with E-state index in [-0.39, 0.29) is 18.3 Å². The predicted molar refractivity (Wildman–Crippen MR) is 90.3 cm³/mol. The summed E-state index contributed by atoms with van der Waals surface area (Å²) >= 11 is 3.47. The second-order valence-corrected chi connectivity index (χ2v) is 5.96. The number of ether oxygens (including phenoxy) is 1. The second kappa shape index (κ2) is 8.61. The van der Waals surface area contributed by atoms with E-state index in [1.807, 2.05) is 23.1 Å². The molecule has 1 atom stereocenters. The van der Waals surface area contributed by atoms with Gasteiger partial charge in [0.1, 0.15) is 5.75 Å². The average Bonchev–Trinajstić information content (AvgIpc) is 2.45. The minimum absolute atomic E-state index is 0.